The van der Waals surface area contributed by atoms with Crippen molar-refractivity contribution in [2.75, 3.05) is 13.2 Å². The van der Waals surface area contributed by atoms with Crippen molar-refractivity contribution < 1.29 is 23.8 Å². The maximum absolute atomic E-state index is 13.5. The Labute approximate surface area is 289 Å². The number of esters is 1. The van der Waals surface area contributed by atoms with Crippen molar-refractivity contribution in [2.24, 2.45) is 5.10 Å². The fraction of sp³-hybridized carbons (Fsp3) is 0.121. The van der Waals surface area contributed by atoms with E-state index in [2.05, 4.69) is 63.3 Å². The molecule has 1 aromatic heterocycles. The molecule has 2 N–H and O–H groups in total. The molecular formula is C33H25Br3ClN3O5. The summed E-state index contributed by atoms with van der Waals surface area (Å²) in [5, 5.41) is 5.44. The number of carbonyl (C=O) groups is 2. The smallest absolute Gasteiger partial charge is 0.343 e. The zero-order chi connectivity index (χ0) is 32.1. The summed E-state index contributed by atoms with van der Waals surface area (Å²) in [6.07, 6.45) is 1.40. The zero-order valence-corrected chi connectivity index (χ0v) is 29.4. The van der Waals surface area contributed by atoms with Crippen molar-refractivity contribution in [3.8, 4) is 28.4 Å². The molecule has 0 spiro atoms. The van der Waals surface area contributed by atoms with Gasteiger partial charge in [0.25, 0.3) is 5.91 Å². The average molecular weight is 819 g/mol. The molecule has 0 bridgehead atoms. The highest BCUT2D eigenvalue weighted by molar-refractivity contribution is 9.11. The summed E-state index contributed by atoms with van der Waals surface area (Å²) in [6, 6.07) is 21.5. The van der Waals surface area contributed by atoms with Crippen LogP contribution in [0.3, 0.4) is 0 Å². The first-order valence-electron chi connectivity index (χ1n) is 13.7. The maximum atomic E-state index is 13.5. The van der Waals surface area contributed by atoms with Gasteiger partial charge in [0.1, 0.15) is 5.69 Å². The minimum Gasteiger partial charge on any atom is -0.490 e. The van der Waals surface area contributed by atoms with Gasteiger partial charge in [-0.3, -0.25) is 4.79 Å². The number of carbonyl (C=O) groups excluding carboxylic acids is 2. The number of aromatic nitrogens is 1. The lowest BCUT2D eigenvalue weighted by molar-refractivity contribution is 0.0732. The first-order valence-corrected chi connectivity index (χ1v) is 16.5. The second-order valence-corrected chi connectivity index (χ2v) is 12.6. The molecule has 0 saturated carbocycles. The predicted molar refractivity (Wildman–Crippen MR) is 187 cm³/mol. The summed E-state index contributed by atoms with van der Waals surface area (Å²) in [6.45, 7) is 4.57. The van der Waals surface area contributed by atoms with Crippen LogP contribution in [0.1, 0.15) is 40.3 Å². The Balaban J connectivity index is 1.43. The molecule has 12 heteroatoms. The summed E-state index contributed by atoms with van der Waals surface area (Å²) in [7, 11) is 0. The Morgan fingerprint density at radius 2 is 1.62 bits per heavy atom. The van der Waals surface area contributed by atoms with E-state index in [0.717, 1.165) is 15.4 Å². The van der Waals surface area contributed by atoms with Crippen LogP contribution in [0.5, 0.6) is 17.2 Å². The summed E-state index contributed by atoms with van der Waals surface area (Å²) >= 11 is 16.9. The van der Waals surface area contributed by atoms with Gasteiger partial charge < -0.3 is 19.2 Å². The summed E-state index contributed by atoms with van der Waals surface area (Å²) in [4.78, 5) is 29.9. The highest BCUT2D eigenvalue weighted by atomic mass is 79.9. The minimum absolute atomic E-state index is 0.209. The summed E-state index contributed by atoms with van der Waals surface area (Å²) in [5.41, 5.74) is 5.71. The molecule has 8 nitrogen and oxygen atoms in total. The quantitative estimate of drug-likeness (QED) is 0.0633. The van der Waals surface area contributed by atoms with Crippen molar-refractivity contribution in [1.29, 1.82) is 0 Å². The van der Waals surface area contributed by atoms with E-state index in [0.29, 0.717) is 55.3 Å². The third-order valence-electron chi connectivity index (χ3n) is 6.49. The molecule has 0 unspecified atom stereocenters. The second kappa shape index (κ2) is 14.6. The number of rotatable bonds is 10. The van der Waals surface area contributed by atoms with E-state index in [1.165, 1.54) is 6.21 Å². The lowest BCUT2D eigenvalue weighted by Gasteiger charge is -2.13. The average Bonchev–Trinajstić information content (AvgIpc) is 3.40. The van der Waals surface area contributed by atoms with Gasteiger partial charge in [0.15, 0.2) is 17.2 Å². The first kappa shape index (κ1) is 32.7. The fourth-order valence-electron chi connectivity index (χ4n) is 4.62. The summed E-state index contributed by atoms with van der Waals surface area (Å²) in [5.74, 6) is 0.0757. The number of fused-ring (bicyclic) bond motifs is 1. The standard InChI is InChI=1S/C33H25Br3ClN3O5/c1-3-43-26-11-10-19(13-27(26)44-4-2)33(42)45-31-20(12-21(34)15-24(31)36)17-38-40-32(41)30-28(18-8-6-5-7-9-18)23-14-22(35)16-25(37)29(23)39-30/h5-17,39H,3-4H2,1-2H3,(H,40,41). The second-order valence-electron chi connectivity index (χ2n) is 9.47. The highest BCUT2D eigenvalue weighted by Crippen LogP contribution is 2.38. The monoisotopic (exact) mass is 815 g/mol. The number of nitrogens with one attached hydrogen (secondary N) is 2. The maximum Gasteiger partial charge on any atom is 0.343 e. The SMILES string of the molecule is CCOc1ccc(C(=O)Oc2c(Br)cc(Br)cc2C=NNC(=O)c2[nH]c3c(Cl)cc(Br)cc3c2-c2ccccc2)cc1OCC. The number of nitrogens with zero attached hydrogens (tertiary/aromatic N) is 1. The van der Waals surface area contributed by atoms with Crippen LogP contribution in [0.4, 0.5) is 0 Å². The molecule has 45 heavy (non-hydrogen) atoms. The molecule has 0 atom stereocenters. The topological polar surface area (TPSA) is 102 Å². The van der Waals surface area contributed by atoms with E-state index < -0.39 is 11.9 Å². The number of amides is 1. The van der Waals surface area contributed by atoms with Crippen LogP contribution in [0.2, 0.25) is 5.02 Å². The highest BCUT2D eigenvalue weighted by Gasteiger charge is 2.22. The molecule has 230 valence electrons. The Morgan fingerprint density at radius 3 is 2.36 bits per heavy atom. The number of benzene rings is 4. The zero-order valence-electron chi connectivity index (χ0n) is 23.9. The van der Waals surface area contributed by atoms with Crippen LogP contribution < -0.4 is 19.6 Å². The van der Waals surface area contributed by atoms with E-state index in [-0.39, 0.29) is 17.0 Å². The van der Waals surface area contributed by atoms with Gasteiger partial charge in [-0.1, -0.05) is 73.8 Å². The van der Waals surface area contributed by atoms with Crippen molar-refractivity contribution in [2.45, 2.75) is 13.8 Å². The van der Waals surface area contributed by atoms with Crippen LogP contribution in [-0.2, 0) is 0 Å². The van der Waals surface area contributed by atoms with Crippen molar-refractivity contribution in [3.05, 3.63) is 108 Å². The first-order chi connectivity index (χ1) is 21.7. The Hall–Kier alpha value is -3.64. The Kier molecular flexibility index (Phi) is 10.7. The molecule has 0 aliphatic carbocycles. The van der Waals surface area contributed by atoms with Crippen LogP contribution >= 0.6 is 59.4 Å². The number of ether oxygens (including phenoxy) is 3. The van der Waals surface area contributed by atoms with Gasteiger partial charge in [-0.05, 0) is 77.8 Å². The van der Waals surface area contributed by atoms with Crippen LogP contribution in [-0.4, -0.2) is 36.3 Å². The number of hydrogen-bond donors (Lipinski definition) is 2. The van der Waals surface area contributed by atoms with E-state index in [4.69, 9.17) is 25.8 Å². The third-order valence-corrected chi connectivity index (χ3v) is 8.30. The van der Waals surface area contributed by atoms with Gasteiger partial charge in [0.05, 0.1) is 40.0 Å². The van der Waals surface area contributed by atoms with Crippen molar-refractivity contribution in [1.82, 2.24) is 10.4 Å². The molecule has 1 heterocycles. The normalized spacial score (nSPS) is 11.2. The van der Waals surface area contributed by atoms with E-state index >= 15 is 0 Å². The molecule has 5 aromatic rings. The molecule has 0 aliphatic rings. The number of hydrogen-bond acceptors (Lipinski definition) is 6. The number of aromatic amines is 1. The van der Waals surface area contributed by atoms with Gasteiger partial charge in [-0.2, -0.15) is 5.10 Å². The Bertz CT molecular complexity index is 1930. The van der Waals surface area contributed by atoms with Crippen LogP contribution in [0.15, 0.2) is 91.3 Å². The Morgan fingerprint density at radius 1 is 0.911 bits per heavy atom. The van der Waals surface area contributed by atoms with Gasteiger partial charge in [0.2, 0.25) is 0 Å². The number of halogens is 4. The third kappa shape index (κ3) is 7.44. The van der Waals surface area contributed by atoms with E-state index in [1.54, 1.807) is 36.4 Å². The molecular weight excluding hydrogens is 794 g/mol. The van der Waals surface area contributed by atoms with Crippen LogP contribution in [0, 0.1) is 0 Å². The van der Waals surface area contributed by atoms with Gasteiger partial charge in [0, 0.05) is 25.5 Å². The molecule has 0 aliphatic heterocycles. The van der Waals surface area contributed by atoms with E-state index in [9.17, 15) is 9.59 Å². The summed E-state index contributed by atoms with van der Waals surface area (Å²) < 4.78 is 19.0. The largest absolute Gasteiger partial charge is 0.490 e. The van der Waals surface area contributed by atoms with Crippen molar-refractivity contribution in [3.63, 3.8) is 0 Å². The predicted octanol–water partition coefficient (Wildman–Crippen LogP) is 9.56. The number of hydrazone groups is 1. The molecule has 5 rings (SSSR count). The molecule has 0 saturated heterocycles. The molecule has 0 radical (unpaired) electrons. The van der Waals surface area contributed by atoms with Crippen LogP contribution in [0.25, 0.3) is 22.0 Å². The van der Waals surface area contributed by atoms with E-state index in [1.807, 2.05) is 50.2 Å². The molecule has 0 fully saturated rings. The molecule has 1 amide bonds. The lowest BCUT2D eigenvalue weighted by atomic mass is 10.0. The lowest BCUT2D eigenvalue weighted by Crippen LogP contribution is -2.19. The van der Waals surface area contributed by atoms with Gasteiger partial charge >= 0.3 is 5.97 Å². The van der Waals surface area contributed by atoms with Gasteiger partial charge in [-0.15, -0.1) is 0 Å². The minimum atomic E-state index is -0.616. The molecule has 4 aromatic carbocycles. The fourth-order valence-corrected chi connectivity index (χ4v) is 6.82. The number of H-pyrrole nitrogens is 1. The van der Waals surface area contributed by atoms with Crippen molar-refractivity contribution >= 4 is 88.4 Å². The van der Waals surface area contributed by atoms with Gasteiger partial charge in [-0.25, -0.2) is 10.2 Å².